The topological polar surface area (TPSA) is 73.8 Å². The molecule has 2 N–H and O–H groups in total. The Morgan fingerprint density at radius 2 is 1.60 bits per heavy atom. The lowest BCUT2D eigenvalue weighted by Crippen LogP contribution is -2.20. The van der Waals surface area contributed by atoms with Crippen LogP contribution in [0.1, 0.15) is 18.4 Å². The molecule has 0 atom stereocenters. The molecule has 0 bridgehead atoms. The van der Waals surface area contributed by atoms with Gasteiger partial charge in [0, 0.05) is 38.3 Å². The first-order chi connectivity index (χ1) is 12.0. The number of carbonyl (C=O) groups is 2. The lowest BCUT2D eigenvalue weighted by Gasteiger charge is -2.11. The van der Waals surface area contributed by atoms with Crippen molar-refractivity contribution in [3.63, 3.8) is 0 Å². The normalized spacial score (nSPS) is 10.5. The quantitative estimate of drug-likeness (QED) is 0.602. The van der Waals surface area contributed by atoms with Gasteiger partial charge >= 0.3 is 0 Å². The highest BCUT2D eigenvalue weighted by Gasteiger charge is 2.06. The highest BCUT2D eigenvalue weighted by atomic mass is 16.2. The molecule has 0 heterocycles. The molecular formula is C19H22N4O2. The number of amides is 2. The van der Waals surface area contributed by atoms with Crippen molar-refractivity contribution in [3.05, 3.63) is 60.2 Å². The van der Waals surface area contributed by atoms with E-state index in [1.54, 1.807) is 18.3 Å². The minimum absolute atomic E-state index is 0.0789. The summed E-state index contributed by atoms with van der Waals surface area (Å²) >= 11 is 0. The highest BCUT2D eigenvalue weighted by molar-refractivity contribution is 5.93. The predicted octanol–water partition coefficient (Wildman–Crippen LogP) is 2.62. The highest BCUT2D eigenvalue weighted by Crippen LogP contribution is 2.10. The van der Waals surface area contributed by atoms with Gasteiger partial charge in [0.15, 0.2) is 0 Å². The Morgan fingerprint density at radius 1 is 0.960 bits per heavy atom. The molecule has 0 aliphatic rings. The van der Waals surface area contributed by atoms with Crippen molar-refractivity contribution in [2.75, 3.05) is 24.3 Å². The van der Waals surface area contributed by atoms with E-state index >= 15 is 0 Å². The van der Waals surface area contributed by atoms with Crippen LogP contribution in [-0.4, -0.2) is 32.1 Å². The van der Waals surface area contributed by atoms with Gasteiger partial charge in [0.2, 0.25) is 11.8 Å². The van der Waals surface area contributed by atoms with E-state index in [1.165, 1.54) is 0 Å². The van der Waals surface area contributed by atoms with Gasteiger partial charge in [0.05, 0.1) is 6.21 Å². The van der Waals surface area contributed by atoms with Gasteiger partial charge in [-0.15, -0.1) is 0 Å². The molecule has 0 aliphatic heterocycles. The molecule has 0 saturated carbocycles. The average molecular weight is 338 g/mol. The van der Waals surface area contributed by atoms with Gasteiger partial charge in [0.25, 0.3) is 0 Å². The van der Waals surface area contributed by atoms with Crippen LogP contribution in [0.15, 0.2) is 59.7 Å². The van der Waals surface area contributed by atoms with E-state index in [1.807, 2.05) is 61.5 Å². The third-order valence-electron chi connectivity index (χ3n) is 3.45. The van der Waals surface area contributed by atoms with Crippen LogP contribution in [0.25, 0.3) is 0 Å². The number of hydrazone groups is 1. The van der Waals surface area contributed by atoms with Crippen LogP contribution in [-0.2, 0) is 9.59 Å². The number of carbonyl (C=O) groups excluding carboxylic acids is 2. The molecule has 25 heavy (non-hydrogen) atoms. The van der Waals surface area contributed by atoms with E-state index < -0.39 is 0 Å². The van der Waals surface area contributed by atoms with E-state index in [4.69, 9.17) is 0 Å². The predicted molar refractivity (Wildman–Crippen MR) is 101 cm³/mol. The molecule has 0 aromatic heterocycles. The Labute approximate surface area is 147 Å². The summed E-state index contributed by atoms with van der Waals surface area (Å²) in [4.78, 5) is 25.5. The fraction of sp³-hybridized carbons (Fsp3) is 0.211. The van der Waals surface area contributed by atoms with Crippen LogP contribution in [0.5, 0.6) is 0 Å². The van der Waals surface area contributed by atoms with Gasteiger partial charge in [-0.3, -0.25) is 9.59 Å². The first-order valence-electron chi connectivity index (χ1n) is 7.99. The monoisotopic (exact) mass is 338 g/mol. The summed E-state index contributed by atoms with van der Waals surface area (Å²) in [6.07, 6.45) is 1.75. The van der Waals surface area contributed by atoms with Gasteiger partial charge in [-0.25, -0.2) is 5.43 Å². The Hall–Kier alpha value is -3.15. The molecule has 2 amide bonds. The van der Waals surface area contributed by atoms with Crippen LogP contribution < -0.4 is 15.6 Å². The Kier molecular flexibility index (Phi) is 6.71. The van der Waals surface area contributed by atoms with Crippen molar-refractivity contribution in [2.45, 2.75) is 12.8 Å². The lowest BCUT2D eigenvalue weighted by molar-refractivity contribution is -0.124. The summed E-state index contributed by atoms with van der Waals surface area (Å²) in [5.74, 6) is -0.506. The molecular weight excluding hydrogens is 316 g/mol. The second kappa shape index (κ2) is 9.22. The van der Waals surface area contributed by atoms with E-state index in [-0.39, 0.29) is 24.7 Å². The summed E-state index contributed by atoms with van der Waals surface area (Å²) in [5.41, 5.74) is 5.11. The number of rotatable bonds is 7. The van der Waals surface area contributed by atoms with E-state index in [0.717, 1.165) is 11.3 Å². The first-order valence-corrected chi connectivity index (χ1v) is 7.99. The van der Waals surface area contributed by atoms with E-state index in [9.17, 15) is 9.59 Å². The van der Waals surface area contributed by atoms with Crippen molar-refractivity contribution in [2.24, 2.45) is 5.10 Å². The zero-order valence-corrected chi connectivity index (χ0v) is 14.4. The van der Waals surface area contributed by atoms with Gasteiger partial charge in [0.1, 0.15) is 0 Å². The van der Waals surface area contributed by atoms with Crippen molar-refractivity contribution in [1.29, 1.82) is 0 Å². The first kappa shape index (κ1) is 18.2. The molecule has 0 saturated heterocycles. The number of nitrogens with one attached hydrogen (secondary N) is 2. The maximum Gasteiger partial charge on any atom is 0.240 e. The Balaban J connectivity index is 1.72. The van der Waals surface area contributed by atoms with Crippen molar-refractivity contribution < 1.29 is 9.59 Å². The molecule has 6 nitrogen and oxygen atoms in total. The zero-order valence-electron chi connectivity index (χ0n) is 14.4. The Morgan fingerprint density at radius 3 is 2.24 bits per heavy atom. The van der Waals surface area contributed by atoms with Gasteiger partial charge in [-0.1, -0.05) is 30.3 Å². The molecule has 0 fully saturated rings. The SMILES string of the molecule is CN(C)c1ccc(/C=N/NC(=O)CCC(=O)Nc2ccccc2)cc1. The second-order valence-corrected chi connectivity index (χ2v) is 5.69. The van der Waals surface area contributed by atoms with Crippen molar-refractivity contribution in [3.8, 4) is 0 Å². The maximum absolute atomic E-state index is 11.8. The van der Waals surface area contributed by atoms with E-state index in [2.05, 4.69) is 15.8 Å². The third kappa shape index (κ3) is 6.47. The fourth-order valence-corrected chi connectivity index (χ4v) is 2.07. The Bertz CT molecular complexity index is 725. The summed E-state index contributed by atoms with van der Waals surface area (Å²) < 4.78 is 0. The average Bonchev–Trinajstić information content (AvgIpc) is 2.61. The summed E-state index contributed by atoms with van der Waals surface area (Å²) in [6, 6.07) is 16.9. The number of para-hydroxylation sites is 1. The maximum atomic E-state index is 11.8. The standard InChI is InChI=1S/C19H22N4O2/c1-23(2)17-10-8-15(9-11-17)14-20-22-19(25)13-12-18(24)21-16-6-4-3-5-7-16/h3-11,14H,12-13H2,1-2H3,(H,21,24)(H,22,25)/b20-14+. The summed E-state index contributed by atoms with van der Waals surface area (Å²) in [6.45, 7) is 0. The molecule has 6 heteroatoms. The molecule has 0 radical (unpaired) electrons. The smallest absolute Gasteiger partial charge is 0.240 e. The largest absolute Gasteiger partial charge is 0.378 e. The van der Waals surface area contributed by atoms with Crippen LogP contribution >= 0.6 is 0 Å². The van der Waals surface area contributed by atoms with Crippen LogP contribution in [0.4, 0.5) is 11.4 Å². The molecule has 0 spiro atoms. The third-order valence-corrected chi connectivity index (χ3v) is 3.45. The molecule has 2 aromatic carbocycles. The second-order valence-electron chi connectivity index (χ2n) is 5.69. The number of anilines is 2. The van der Waals surface area contributed by atoms with Gasteiger partial charge in [-0.05, 0) is 29.8 Å². The molecule has 2 rings (SSSR count). The van der Waals surface area contributed by atoms with E-state index in [0.29, 0.717) is 5.69 Å². The molecule has 130 valence electrons. The number of hydrogen-bond donors (Lipinski definition) is 2. The lowest BCUT2D eigenvalue weighted by atomic mass is 10.2. The number of nitrogens with zero attached hydrogens (tertiary/aromatic N) is 2. The minimum atomic E-state index is -0.302. The van der Waals surface area contributed by atoms with Crippen molar-refractivity contribution in [1.82, 2.24) is 5.43 Å². The van der Waals surface area contributed by atoms with Gasteiger partial charge < -0.3 is 10.2 Å². The van der Waals surface area contributed by atoms with Crippen LogP contribution in [0.3, 0.4) is 0 Å². The number of benzene rings is 2. The summed E-state index contributed by atoms with van der Waals surface area (Å²) in [7, 11) is 3.94. The molecule has 0 unspecified atom stereocenters. The summed E-state index contributed by atoms with van der Waals surface area (Å²) in [5, 5.41) is 6.64. The number of hydrogen-bond acceptors (Lipinski definition) is 4. The molecule has 2 aromatic rings. The van der Waals surface area contributed by atoms with Gasteiger partial charge in [-0.2, -0.15) is 5.10 Å². The van der Waals surface area contributed by atoms with Crippen molar-refractivity contribution >= 4 is 29.4 Å². The molecule has 0 aliphatic carbocycles. The zero-order chi connectivity index (χ0) is 18.1. The minimum Gasteiger partial charge on any atom is -0.378 e. The fourth-order valence-electron chi connectivity index (χ4n) is 2.07. The van der Waals surface area contributed by atoms with Crippen LogP contribution in [0, 0.1) is 0 Å². The van der Waals surface area contributed by atoms with Crippen LogP contribution in [0.2, 0.25) is 0 Å².